The molecule has 7 aromatic carbocycles. The van der Waals surface area contributed by atoms with E-state index in [1.165, 1.54) is 60.1 Å². The highest BCUT2D eigenvalue weighted by Gasteiger charge is 2.20. The van der Waals surface area contributed by atoms with Crippen LogP contribution in [-0.2, 0) is 0 Å². The van der Waals surface area contributed by atoms with Crippen LogP contribution in [0.25, 0.3) is 76.7 Å². The molecule has 0 spiro atoms. The van der Waals surface area contributed by atoms with Gasteiger partial charge in [0.1, 0.15) is 5.58 Å². The van der Waals surface area contributed by atoms with Crippen LogP contribution in [0.3, 0.4) is 0 Å². The third kappa shape index (κ3) is 3.41. The van der Waals surface area contributed by atoms with Crippen LogP contribution in [0.2, 0.25) is 0 Å². The lowest BCUT2D eigenvalue weighted by atomic mass is 9.84. The number of fused-ring (bicyclic) bond motifs is 4. The van der Waals surface area contributed by atoms with Crippen molar-refractivity contribution in [1.82, 2.24) is 0 Å². The van der Waals surface area contributed by atoms with Gasteiger partial charge in [-0.1, -0.05) is 127 Å². The van der Waals surface area contributed by atoms with Crippen LogP contribution in [-0.4, -0.2) is 0 Å². The molecule has 1 heteroatoms. The molecule has 0 bridgehead atoms. The van der Waals surface area contributed by atoms with Gasteiger partial charge in [-0.3, -0.25) is 0 Å². The number of benzene rings is 7. The summed E-state index contributed by atoms with van der Waals surface area (Å²) in [6.45, 7) is 0. The van der Waals surface area contributed by atoms with Crippen LogP contribution in [0.1, 0.15) is 0 Å². The van der Waals surface area contributed by atoms with E-state index in [0.29, 0.717) is 0 Å². The maximum absolute atomic E-state index is 6.16. The molecule has 1 heterocycles. The van der Waals surface area contributed by atoms with Crippen molar-refractivity contribution in [2.45, 2.75) is 0 Å². The third-order valence-electron chi connectivity index (χ3n) is 7.94. The van der Waals surface area contributed by atoms with Crippen molar-refractivity contribution in [3.63, 3.8) is 0 Å². The predicted molar refractivity (Wildman–Crippen MR) is 165 cm³/mol. The highest BCUT2D eigenvalue weighted by Crippen LogP contribution is 2.47. The summed E-state index contributed by atoms with van der Waals surface area (Å²) >= 11 is 0. The largest absolute Gasteiger partial charge is 0.464 e. The highest BCUT2D eigenvalue weighted by atomic mass is 16.3. The van der Waals surface area contributed by atoms with Gasteiger partial charge in [-0.15, -0.1) is 0 Å². The van der Waals surface area contributed by atoms with Gasteiger partial charge in [0.25, 0.3) is 0 Å². The minimum atomic E-state index is 0.899. The molecular weight excluding hydrogens is 472 g/mol. The van der Waals surface area contributed by atoms with Crippen molar-refractivity contribution in [1.29, 1.82) is 0 Å². The molecule has 0 unspecified atom stereocenters. The van der Waals surface area contributed by atoms with Crippen LogP contribution in [0, 0.1) is 0 Å². The summed E-state index contributed by atoms with van der Waals surface area (Å²) in [5.41, 5.74) is 8.17. The molecule has 0 aliphatic heterocycles. The normalized spacial score (nSPS) is 11.6. The molecular formula is C38H24O. The lowest BCUT2D eigenvalue weighted by Gasteiger charge is -2.18. The third-order valence-corrected chi connectivity index (χ3v) is 7.94. The molecule has 39 heavy (non-hydrogen) atoms. The second-order valence-electron chi connectivity index (χ2n) is 10.1. The molecule has 182 valence electrons. The number of hydrogen-bond donors (Lipinski definition) is 0. The van der Waals surface area contributed by atoms with E-state index < -0.39 is 0 Å². The van der Waals surface area contributed by atoms with E-state index in [-0.39, 0.29) is 0 Å². The minimum absolute atomic E-state index is 0.899. The molecule has 0 aliphatic carbocycles. The van der Waals surface area contributed by atoms with Crippen LogP contribution in [0.15, 0.2) is 150 Å². The summed E-state index contributed by atoms with van der Waals surface area (Å²) < 4.78 is 6.16. The Morgan fingerprint density at radius 1 is 0.359 bits per heavy atom. The Kier molecular flexibility index (Phi) is 4.89. The lowest BCUT2D eigenvalue weighted by Crippen LogP contribution is -1.91. The van der Waals surface area contributed by atoms with Gasteiger partial charge >= 0.3 is 0 Å². The van der Waals surface area contributed by atoms with Crippen molar-refractivity contribution < 1.29 is 4.42 Å². The molecule has 8 aromatic rings. The van der Waals surface area contributed by atoms with E-state index in [1.807, 2.05) is 6.26 Å². The van der Waals surface area contributed by atoms with E-state index in [2.05, 4.69) is 140 Å². The van der Waals surface area contributed by atoms with Gasteiger partial charge < -0.3 is 4.42 Å². The summed E-state index contributed by atoms with van der Waals surface area (Å²) in [7, 11) is 0. The fourth-order valence-electron chi connectivity index (χ4n) is 6.19. The zero-order valence-electron chi connectivity index (χ0n) is 21.3. The van der Waals surface area contributed by atoms with Gasteiger partial charge in [-0.25, -0.2) is 0 Å². The van der Waals surface area contributed by atoms with E-state index in [1.54, 1.807) is 0 Å². The van der Waals surface area contributed by atoms with Crippen molar-refractivity contribution in [2.75, 3.05) is 0 Å². The summed E-state index contributed by atoms with van der Waals surface area (Å²) in [5, 5.41) is 8.60. The second-order valence-corrected chi connectivity index (χ2v) is 10.1. The van der Waals surface area contributed by atoms with E-state index in [9.17, 15) is 0 Å². The second kappa shape index (κ2) is 8.72. The molecule has 0 saturated heterocycles. The van der Waals surface area contributed by atoms with Crippen LogP contribution < -0.4 is 0 Å². The first-order valence-electron chi connectivity index (χ1n) is 13.4. The molecule has 1 aromatic heterocycles. The number of rotatable bonds is 3. The molecule has 1 nitrogen and oxygen atoms in total. The quantitative estimate of drug-likeness (QED) is 0.222. The monoisotopic (exact) mass is 496 g/mol. The van der Waals surface area contributed by atoms with Crippen molar-refractivity contribution >= 4 is 43.3 Å². The fraction of sp³-hybridized carbons (Fsp3) is 0. The Hall–Kier alpha value is -5.14. The molecule has 0 atom stereocenters. The van der Waals surface area contributed by atoms with Crippen molar-refractivity contribution in [3.8, 4) is 33.4 Å². The van der Waals surface area contributed by atoms with Gasteiger partial charge in [-0.05, 0) is 66.7 Å². The molecule has 0 N–H and O–H groups in total. The Morgan fingerprint density at radius 2 is 0.923 bits per heavy atom. The smallest absolute Gasteiger partial charge is 0.134 e. The average Bonchev–Trinajstić information content (AvgIpc) is 3.43. The van der Waals surface area contributed by atoms with Crippen LogP contribution in [0.5, 0.6) is 0 Å². The molecule has 0 fully saturated rings. The van der Waals surface area contributed by atoms with Gasteiger partial charge in [0.15, 0.2) is 0 Å². The van der Waals surface area contributed by atoms with Crippen LogP contribution in [0.4, 0.5) is 0 Å². The first-order valence-corrected chi connectivity index (χ1v) is 13.4. The van der Waals surface area contributed by atoms with E-state index in [4.69, 9.17) is 4.42 Å². The predicted octanol–water partition coefficient (Wildman–Crippen LogP) is 10.9. The molecule has 0 saturated carbocycles. The average molecular weight is 497 g/mol. The summed E-state index contributed by atoms with van der Waals surface area (Å²) in [5.74, 6) is 0. The summed E-state index contributed by atoms with van der Waals surface area (Å²) in [6.07, 6.45) is 1.94. The minimum Gasteiger partial charge on any atom is -0.464 e. The molecule has 0 radical (unpaired) electrons. The van der Waals surface area contributed by atoms with Gasteiger partial charge in [0, 0.05) is 16.5 Å². The number of furan rings is 1. The zero-order valence-corrected chi connectivity index (χ0v) is 21.3. The van der Waals surface area contributed by atoms with Crippen LogP contribution >= 0.6 is 0 Å². The number of hydrogen-bond acceptors (Lipinski definition) is 1. The Bertz CT molecular complexity index is 2100. The van der Waals surface area contributed by atoms with Gasteiger partial charge in [-0.2, -0.15) is 0 Å². The topological polar surface area (TPSA) is 13.1 Å². The summed E-state index contributed by atoms with van der Waals surface area (Å²) in [4.78, 5) is 0. The van der Waals surface area contributed by atoms with Crippen molar-refractivity contribution in [2.24, 2.45) is 0 Å². The Morgan fingerprint density at radius 3 is 1.62 bits per heavy atom. The highest BCUT2D eigenvalue weighted by molar-refractivity contribution is 6.25. The first kappa shape index (κ1) is 21.9. The lowest BCUT2D eigenvalue weighted by molar-refractivity contribution is 0.617. The Labute approximate surface area is 226 Å². The fourth-order valence-corrected chi connectivity index (χ4v) is 6.19. The van der Waals surface area contributed by atoms with E-state index >= 15 is 0 Å². The SMILES string of the molecule is c1ccc(-c2ccc3occ(-c4c5ccccc5c(-c5cccc6ccccc56)c5ccccc45)c3c2)cc1. The summed E-state index contributed by atoms with van der Waals surface area (Å²) in [6, 6.07) is 50.0. The van der Waals surface area contributed by atoms with E-state index in [0.717, 1.165) is 16.5 Å². The zero-order chi connectivity index (χ0) is 25.8. The van der Waals surface area contributed by atoms with Crippen molar-refractivity contribution in [3.05, 3.63) is 146 Å². The maximum Gasteiger partial charge on any atom is 0.134 e. The molecule has 8 rings (SSSR count). The standard InChI is InChI=1S/C38H24O/c1-2-11-25(12-3-1)27-21-22-36-34(23-27)35(24-39-36)38-32-18-8-6-16-30(32)37(31-17-7-9-19-33(31)38)29-20-10-14-26-13-4-5-15-28(26)29/h1-24H. The first-order chi connectivity index (χ1) is 19.4. The molecule has 0 aliphatic rings. The van der Waals surface area contributed by atoms with Gasteiger partial charge in [0.05, 0.1) is 6.26 Å². The maximum atomic E-state index is 6.16. The molecule has 0 amide bonds. The Balaban J connectivity index is 1.49. The van der Waals surface area contributed by atoms with Gasteiger partial charge in [0.2, 0.25) is 0 Å².